The lowest BCUT2D eigenvalue weighted by Crippen LogP contribution is -2.06. The van der Waals surface area contributed by atoms with Crippen LogP contribution in [0.4, 0.5) is 0 Å². The molecule has 1 aromatic carbocycles. The minimum Gasteiger partial charge on any atom is -0.298 e. The van der Waals surface area contributed by atoms with Gasteiger partial charge in [0, 0.05) is 11.8 Å². The van der Waals surface area contributed by atoms with Gasteiger partial charge in [-0.25, -0.2) is 8.42 Å². The molecule has 0 amide bonds. The molecule has 4 heteroatoms. The summed E-state index contributed by atoms with van der Waals surface area (Å²) < 4.78 is 23.1. The molecule has 1 rings (SSSR count). The fourth-order valence-corrected chi connectivity index (χ4v) is 3.14. The zero-order valence-corrected chi connectivity index (χ0v) is 10.1. The summed E-state index contributed by atoms with van der Waals surface area (Å²) in [7, 11) is -3.23. The van der Waals surface area contributed by atoms with Gasteiger partial charge in [0.05, 0.1) is 4.90 Å². The molecule has 0 fully saturated rings. The lowest BCUT2D eigenvalue weighted by molar-refractivity contribution is 0.112. The van der Waals surface area contributed by atoms with Crippen molar-refractivity contribution in [1.82, 2.24) is 0 Å². The van der Waals surface area contributed by atoms with E-state index >= 15 is 0 Å². The van der Waals surface area contributed by atoms with Crippen molar-refractivity contribution in [3.05, 3.63) is 28.3 Å². The molecular weight excluding hydrogens is 212 g/mol. The highest BCUT2D eigenvalue weighted by atomic mass is 32.2. The van der Waals surface area contributed by atoms with Crippen LogP contribution in [0.25, 0.3) is 0 Å². The Morgan fingerprint density at radius 2 is 1.67 bits per heavy atom. The first-order chi connectivity index (χ1) is 6.79. The van der Waals surface area contributed by atoms with E-state index in [1.165, 1.54) is 6.26 Å². The normalized spacial score (nSPS) is 11.5. The second-order valence-corrected chi connectivity index (χ2v) is 5.70. The third kappa shape index (κ3) is 2.09. The minimum atomic E-state index is -3.23. The number of hydrogen-bond donors (Lipinski definition) is 0. The van der Waals surface area contributed by atoms with Crippen molar-refractivity contribution in [2.45, 2.75) is 25.7 Å². The first-order valence-corrected chi connectivity index (χ1v) is 6.44. The quantitative estimate of drug-likeness (QED) is 0.723. The van der Waals surface area contributed by atoms with E-state index in [9.17, 15) is 13.2 Å². The number of sulfone groups is 1. The second-order valence-electron chi connectivity index (χ2n) is 3.75. The second kappa shape index (κ2) is 3.77. The standard InChI is InChI=1S/C11H14O3S/c1-7-5-10(6-12)8(2)9(3)11(7)15(4,13)14/h5-6H,1-4H3. The topological polar surface area (TPSA) is 51.2 Å². The van der Waals surface area contributed by atoms with Crippen molar-refractivity contribution in [3.63, 3.8) is 0 Å². The van der Waals surface area contributed by atoms with Crippen LogP contribution in [0.2, 0.25) is 0 Å². The monoisotopic (exact) mass is 226 g/mol. The van der Waals surface area contributed by atoms with Crippen LogP contribution in [0.1, 0.15) is 27.0 Å². The van der Waals surface area contributed by atoms with Crippen LogP contribution >= 0.6 is 0 Å². The molecule has 3 nitrogen and oxygen atoms in total. The largest absolute Gasteiger partial charge is 0.298 e. The highest BCUT2D eigenvalue weighted by molar-refractivity contribution is 7.90. The van der Waals surface area contributed by atoms with Crippen LogP contribution in [-0.2, 0) is 9.84 Å². The Morgan fingerprint density at radius 1 is 1.13 bits per heavy atom. The third-order valence-corrected chi connectivity index (χ3v) is 3.93. The fraction of sp³-hybridized carbons (Fsp3) is 0.364. The average molecular weight is 226 g/mol. The van der Waals surface area contributed by atoms with Crippen LogP contribution in [0.15, 0.2) is 11.0 Å². The van der Waals surface area contributed by atoms with Gasteiger partial charge in [-0.1, -0.05) is 0 Å². The van der Waals surface area contributed by atoms with Gasteiger partial charge in [-0.2, -0.15) is 0 Å². The highest BCUT2D eigenvalue weighted by Gasteiger charge is 2.17. The predicted molar refractivity (Wildman–Crippen MR) is 59.2 cm³/mol. The van der Waals surface area contributed by atoms with Gasteiger partial charge in [-0.15, -0.1) is 0 Å². The Morgan fingerprint density at radius 3 is 2.07 bits per heavy atom. The number of hydrogen-bond acceptors (Lipinski definition) is 3. The van der Waals surface area contributed by atoms with E-state index < -0.39 is 9.84 Å². The lowest BCUT2D eigenvalue weighted by atomic mass is 10.0. The van der Waals surface area contributed by atoms with Crippen LogP contribution in [0, 0.1) is 20.8 Å². The molecular formula is C11H14O3S. The Labute approximate surface area is 90.0 Å². The smallest absolute Gasteiger partial charge is 0.176 e. The SMILES string of the molecule is Cc1cc(C=O)c(C)c(C)c1S(C)(=O)=O. The number of aldehydes is 1. The Bertz CT molecular complexity index is 513. The first-order valence-electron chi connectivity index (χ1n) is 4.55. The zero-order chi connectivity index (χ0) is 11.8. The summed E-state index contributed by atoms with van der Waals surface area (Å²) >= 11 is 0. The molecule has 0 aliphatic rings. The van der Waals surface area contributed by atoms with Crippen LogP contribution in [0.3, 0.4) is 0 Å². The van der Waals surface area contributed by atoms with E-state index in [2.05, 4.69) is 0 Å². The number of aryl methyl sites for hydroxylation is 1. The molecule has 1 aromatic rings. The molecule has 0 unspecified atom stereocenters. The molecule has 0 aromatic heterocycles. The van der Waals surface area contributed by atoms with Crippen molar-refractivity contribution in [3.8, 4) is 0 Å². The molecule has 0 aliphatic carbocycles. The summed E-state index contributed by atoms with van der Waals surface area (Å²) in [6.07, 6.45) is 1.93. The molecule has 82 valence electrons. The predicted octanol–water partition coefficient (Wildman–Crippen LogP) is 1.83. The van der Waals surface area contributed by atoms with Gasteiger partial charge in [0.2, 0.25) is 0 Å². The zero-order valence-electron chi connectivity index (χ0n) is 9.29. The summed E-state index contributed by atoms with van der Waals surface area (Å²) in [5, 5.41) is 0. The number of benzene rings is 1. The van der Waals surface area contributed by atoms with Crippen molar-refractivity contribution < 1.29 is 13.2 Å². The molecule has 0 N–H and O–H groups in total. The fourth-order valence-electron chi connectivity index (χ4n) is 1.78. The minimum absolute atomic E-state index is 0.339. The molecule has 0 heterocycles. The number of rotatable bonds is 2. The van der Waals surface area contributed by atoms with Crippen molar-refractivity contribution in [1.29, 1.82) is 0 Å². The Hall–Kier alpha value is -1.16. The van der Waals surface area contributed by atoms with Crippen molar-refractivity contribution in [2.24, 2.45) is 0 Å². The third-order valence-electron chi connectivity index (χ3n) is 2.56. The Balaban J connectivity index is 3.72. The molecule has 0 saturated carbocycles. The first kappa shape index (κ1) is 11.9. The maximum Gasteiger partial charge on any atom is 0.176 e. The van der Waals surface area contributed by atoms with E-state index in [1.54, 1.807) is 26.8 Å². The van der Waals surface area contributed by atoms with E-state index in [0.29, 0.717) is 21.6 Å². The average Bonchev–Trinajstić information content (AvgIpc) is 2.09. The van der Waals surface area contributed by atoms with Gasteiger partial charge in [-0.05, 0) is 43.5 Å². The molecule has 0 bridgehead atoms. The van der Waals surface area contributed by atoms with Gasteiger partial charge >= 0.3 is 0 Å². The van der Waals surface area contributed by atoms with Gasteiger partial charge in [0.25, 0.3) is 0 Å². The lowest BCUT2D eigenvalue weighted by Gasteiger charge is -2.12. The summed E-state index contributed by atoms with van der Waals surface area (Å²) in [4.78, 5) is 11.1. The van der Waals surface area contributed by atoms with Crippen molar-refractivity contribution >= 4 is 16.1 Å². The summed E-state index contributed by atoms with van der Waals surface area (Å²) in [5.74, 6) is 0. The molecule has 0 spiro atoms. The van der Waals surface area contributed by atoms with Gasteiger partial charge < -0.3 is 0 Å². The van der Waals surface area contributed by atoms with Crippen LogP contribution in [0.5, 0.6) is 0 Å². The van der Waals surface area contributed by atoms with Crippen molar-refractivity contribution in [2.75, 3.05) is 6.26 Å². The molecule has 0 aliphatic heterocycles. The van der Waals surface area contributed by atoms with Gasteiger partial charge in [-0.3, -0.25) is 4.79 Å². The number of carbonyl (C=O) groups excluding carboxylic acids is 1. The Kier molecular flexibility index (Phi) is 3.00. The highest BCUT2D eigenvalue weighted by Crippen LogP contribution is 2.25. The molecule has 0 radical (unpaired) electrons. The van der Waals surface area contributed by atoms with E-state index in [-0.39, 0.29) is 0 Å². The maximum absolute atomic E-state index is 11.5. The van der Waals surface area contributed by atoms with Crippen LogP contribution < -0.4 is 0 Å². The summed E-state index contributed by atoms with van der Waals surface area (Å²) in [6.45, 7) is 5.19. The van der Waals surface area contributed by atoms with Gasteiger partial charge in [0.1, 0.15) is 6.29 Å². The van der Waals surface area contributed by atoms with E-state index in [0.717, 1.165) is 11.8 Å². The summed E-state index contributed by atoms with van der Waals surface area (Å²) in [5.41, 5.74) is 2.58. The molecule has 15 heavy (non-hydrogen) atoms. The summed E-state index contributed by atoms with van der Waals surface area (Å²) in [6, 6.07) is 1.62. The molecule has 0 atom stereocenters. The van der Waals surface area contributed by atoms with E-state index in [4.69, 9.17) is 0 Å². The molecule has 0 saturated heterocycles. The van der Waals surface area contributed by atoms with Gasteiger partial charge in [0.15, 0.2) is 9.84 Å². The van der Waals surface area contributed by atoms with E-state index in [1.807, 2.05) is 0 Å². The maximum atomic E-state index is 11.5. The number of carbonyl (C=O) groups is 1. The van der Waals surface area contributed by atoms with Crippen LogP contribution in [-0.4, -0.2) is 21.0 Å².